The van der Waals surface area contributed by atoms with Crippen LogP contribution in [0.15, 0.2) is 49.1 Å². The molecule has 1 fully saturated rings. The van der Waals surface area contributed by atoms with Crippen LogP contribution in [0, 0.1) is 5.41 Å². The minimum Gasteiger partial charge on any atom is -0.377 e. The highest BCUT2D eigenvalue weighted by atomic mass is 16.5. The summed E-state index contributed by atoms with van der Waals surface area (Å²) in [4.78, 5) is 14.9. The molecule has 0 saturated carbocycles. The largest absolute Gasteiger partial charge is 0.377 e. The summed E-state index contributed by atoms with van der Waals surface area (Å²) in [6.07, 6.45) is 10.6. The van der Waals surface area contributed by atoms with Gasteiger partial charge in [0.15, 0.2) is 0 Å². The van der Waals surface area contributed by atoms with Crippen LogP contribution < -0.4 is 0 Å². The molecule has 0 N–H and O–H groups in total. The Balaban J connectivity index is 1.46. The fourth-order valence-corrected chi connectivity index (χ4v) is 3.65. The van der Waals surface area contributed by atoms with Gasteiger partial charge in [0, 0.05) is 29.8 Å². The maximum atomic E-state index is 12.9. The summed E-state index contributed by atoms with van der Waals surface area (Å²) in [6, 6.07) is 7.62. The van der Waals surface area contributed by atoms with Gasteiger partial charge in [-0.15, -0.1) is 10.2 Å². The highest BCUT2D eigenvalue weighted by molar-refractivity contribution is 5.94. The number of hydrogen-bond acceptors (Lipinski definition) is 4. The Morgan fingerprint density at radius 2 is 1.92 bits per heavy atom. The number of piperidine rings is 1. The minimum absolute atomic E-state index is 0.0925. The van der Waals surface area contributed by atoms with Crippen LogP contribution in [0.3, 0.4) is 0 Å². The first-order valence-corrected chi connectivity index (χ1v) is 8.73. The highest BCUT2D eigenvalue weighted by Crippen LogP contribution is 2.37. The van der Waals surface area contributed by atoms with E-state index in [1.54, 1.807) is 17.2 Å². The second-order valence-electron chi connectivity index (χ2n) is 6.90. The Morgan fingerprint density at radius 1 is 1.12 bits per heavy atom. The van der Waals surface area contributed by atoms with Gasteiger partial charge >= 0.3 is 0 Å². The molecule has 0 unspecified atom stereocenters. The van der Waals surface area contributed by atoms with Crippen molar-refractivity contribution in [2.75, 3.05) is 26.3 Å². The number of benzene rings is 1. The Hall–Kier alpha value is -2.47. The van der Waals surface area contributed by atoms with Gasteiger partial charge in [-0.2, -0.15) is 0 Å². The molecule has 1 spiro atoms. The molecule has 2 aliphatic heterocycles. The second-order valence-corrected chi connectivity index (χ2v) is 6.90. The lowest BCUT2D eigenvalue weighted by atomic mass is 9.76. The van der Waals surface area contributed by atoms with E-state index in [0.717, 1.165) is 44.6 Å². The molecular weight excluding hydrogens is 316 g/mol. The van der Waals surface area contributed by atoms with Gasteiger partial charge in [0.1, 0.15) is 12.7 Å². The first kappa shape index (κ1) is 16.0. The Bertz CT molecular complexity index is 761. The maximum absolute atomic E-state index is 12.9. The Morgan fingerprint density at radius 3 is 2.72 bits per heavy atom. The van der Waals surface area contributed by atoms with Crippen molar-refractivity contribution >= 4 is 5.91 Å². The molecule has 2 aliphatic rings. The summed E-state index contributed by atoms with van der Waals surface area (Å²) < 4.78 is 7.52. The van der Waals surface area contributed by atoms with Gasteiger partial charge in [0.2, 0.25) is 0 Å². The zero-order valence-electron chi connectivity index (χ0n) is 14.2. The van der Waals surface area contributed by atoms with E-state index in [4.69, 9.17) is 4.74 Å². The quantitative estimate of drug-likeness (QED) is 0.789. The average molecular weight is 338 g/mol. The van der Waals surface area contributed by atoms with Crippen LogP contribution in [0.2, 0.25) is 0 Å². The molecule has 1 aromatic carbocycles. The van der Waals surface area contributed by atoms with Crippen LogP contribution in [0.1, 0.15) is 29.6 Å². The number of nitrogens with zero attached hydrogens (tertiary/aromatic N) is 4. The molecule has 1 aromatic heterocycles. The van der Waals surface area contributed by atoms with Gasteiger partial charge in [-0.1, -0.05) is 18.2 Å². The molecule has 130 valence electrons. The van der Waals surface area contributed by atoms with E-state index in [2.05, 4.69) is 22.3 Å². The van der Waals surface area contributed by atoms with Gasteiger partial charge in [-0.05, 0) is 37.5 Å². The summed E-state index contributed by atoms with van der Waals surface area (Å²) >= 11 is 0. The Labute approximate surface area is 147 Å². The van der Waals surface area contributed by atoms with E-state index in [9.17, 15) is 4.79 Å². The number of aromatic nitrogens is 3. The molecule has 1 saturated heterocycles. The predicted molar refractivity (Wildman–Crippen MR) is 93.5 cm³/mol. The van der Waals surface area contributed by atoms with Gasteiger partial charge in [-0.3, -0.25) is 9.36 Å². The van der Waals surface area contributed by atoms with Crippen molar-refractivity contribution in [1.29, 1.82) is 0 Å². The molecule has 6 heteroatoms. The monoisotopic (exact) mass is 338 g/mol. The summed E-state index contributed by atoms with van der Waals surface area (Å²) in [5, 5.41) is 7.64. The van der Waals surface area contributed by atoms with E-state index in [1.807, 2.05) is 29.2 Å². The van der Waals surface area contributed by atoms with E-state index in [1.165, 1.54) is 0 Å². The van der Waals surface area contributed by atoms with Crippen molar-refractivity contribution in [3.05, 3.63) is 54.6 Å². The number of allylic oxidation sites excluding steroid dienone is 1. The molecule has 25 heavy (non-hydrogen) atoms. The third-order valence-electron chi connectivity index (χ3n) is 5.26. The standard InChI is InChI=1S/C19H22N4O2/c24-18(16-4-3-5-17(12-16)23-14-20-21-15-23)22-9-7-19(8-10-22)6-1-2-11-25-13-19/h1-5,12,14-15H,6-11,13H2. The SMILES string of the molecule is O=C(c1cccc(-n2cnnc2)c1)N1CCC2(CC=CCOC2)CC1. The first-order chi connectivity index (χ1) is 12.3. The number of amides is 1. The Kier molecular flexibility index (Phi) is 4.36. The lowest BCUT2D eigenvalue weighted by Gasteiger charge is -2.40. The number of hydrogen-bond donors (Lipinski definition) is 0. The molecule has 0 radical (unpaired) electrons. The van der Waals surface area contributed by atoms with Crippen molar-refractivity contribution in [1.82, 2.24) is 19.7 Å². The van der Waals surface area contributed by atoms with E-state index in [0.29, 0.717) is 12.2 Å². The van der Waals surface area contributed by atoms with Crippen LogP contribution >= 0.6 is 0 Å². The van der Waals surface area contributed by atoms with Crippen molar-refractivity contribution in [3.63, 3.8) is 0 Å². The maximum Gasteiger partial charge on any atom is 0.253 e. The molecule has 0 bridgehead atoms. The molecular formula is C19H22N4O2. The van der Waals surface area contributed by atoms with E-state index in [-0.39, 0.29) is 11.3 Å². The topological polar surface area (TPSA) is 60.2 Å². The van der Waals surface area contributed by atoms with Gasteiger partial charge in [-0.25, -0.2) is 0 Å². The smallest absolute Gasteiger partial charge is 0.253 e. The zero-order chi connectivity index (χ0) is 17.1. The lowest BCUT2D eigenvalue weighted by Crippen LogP contribution is -2.44. The molecule has 0 atom stereocenters. The lowest BCUT2D eigenvalue weighted by molar-refractivity contribution is 0.0163. The minimum atomic E-state index is 0.0925. The predicted octanol–water partition coefficient (Wildman–Crippen LogP) is 2.47. The summed E-state index contributed by atoms with van der Waals surface area (Å²) in [6.45, 7) is 3.07. The zero-order valence-corrected chi connectivity index (χ0v) is 14.2. The first-order valence-electron chi connectivity index (χ1n) is 8.73. The van der Waals surface area contributed by atoms with Crippen molar-refractivity contribution in [2.24, 2.45) is 5.41 Å². The number of likely N-dealkylation sites (tertiary alicyclic amines) is 1. The number of carbonyl (C=O) groups excluding carboxylic acids is 1. The van der Waals surface area contributed by atoms with Crippen molar-refractivity contribution < 1.29 is 9.53 Å². The summed E-state index contributed by atoms with van der Waals surface area (Å²) in [5.41, 5.74) is 1.81. The van der Waals surface area contributed by atoms with Gasteiger partial charge in [0.25, 0.3) is 5.91 Å². The fourth-order valence-electron chi connectivity index (χ4n) is 3.65. The van der Waals surface area contributed by atoms with Crippen LogP contribution in [-0.4, -0.2) is 51.9 Å². The third-order valence-corrected chi connectivity index (χ3v) is 5.26. The average Bonchev–Trinajstić information content (AvgIpc) is 3.11. The summed E-state index contributed by atoms with van der Waals surface area (Å²) in [7, 11) is 0. The van der Waals surface area contributed by atoms with E-state index < -0.39 is 0 Å². The van der Waals surface area contributed by atoms with Crippen LogP contribution in [-0.2, 0) is 4.74 Å². The fraction of sp³-hybridized carbons (Fsp3) is 0.421. The second kappa shape index (κ2) is 6.80. The molecule has 4 rings (SSSR count). The van der Waals surface area contributed by atoms with Gasteiger partial charge in [0.05, 0.1) is 13.2 Å². The normalized spacial score (nSPS) is 19.8. The van der Waals surface area contributed by atoms with Crippen LogP contribution in [0.25, 0.3) is 5.69 Å². The van der Waals surface area contributed by atoms with Crippen molar-refractivity contribution in [2.45, 2.75) is 19.3 Å². The highest BCUT2D eigenvalue weighted by Gasteiger charge is 2.36. The van der Waals surface area contributed by atoms with Crippen LogP contribution in [0.4, 0.5) is 0 Å². The number of carbonyl (C=O) groups is 1. The molecule has 2 aromatic rings. The van der Waals surface area contributed by atoms with E-state index >= 15 is 0 Å². The van der Waals surface area contributed by atoms with Gasteiger partial charge < -0.3 is 9.64 Å². The van der Waals surface area contributed by atoms with Crippen molar-refractivity contribution in [3.8, 4) is 5.69 Å². The molecule has 0 aliphatic carbocycles. The van der Waals surface area contributed by atoms with Crippen LogP contribution in [0.5, 0.6) is 0 Å². The number of rotatable bonds is 2. The summed E-state index contributed by atoms with van der Waals surface area (Å²) in [5.74, 6) is 0.0925. The molecule has 1 amide bonds. The molecule has 6 nitrogen and oxygen atoms in total. The third kappa shape index (κ3) is 3.35. The number of ether oxygens (including phenoxy) is 1. The molecule has 3 heterocycles.